The Kier molecular flexibility index (Phi) is 5.12. The van der Waals surface area contributed by atoms with E-state index in [2.05, 4.69) is 31.1 Å². The summed E-state index contributed by atoms with van der Waals surface area (Å²) in [7, 11) is 0. The summed E-state index contributed by atoms with van der Waals surface area (Å²) in [5.41, 5.74) is -0.868. The van der Waals surface area contributed by atoms with Crippen LogP contribution in [0.5, 0.6) is 0 Å². The Hall–Kier alpha value is -1.19. The van der Waals surface area contributed by atoms with E-state index >= 15 is 0 Å². The highest BCUT2D eigenvalue weighted by Crippen LogP contribution is 2.33. The maximum Gasteiger partial charge on any atom is 0.416 e. The van der Waals surface area contributed by atoms with Crippen molar-refractivity contribution in [3.63, 3.8) is 0 Å². The summed E-state index contributed by atoms with van der Waals surface area (Å²) >= 11 is 4.89. The van der Waals surface area contributed by atoms with Crippen LogP contribution in [0.3, 0.4) is 0 Å². The molecule has 1 aliphatic heterocycles. The molecule has 3 nitrogen and oxygen atoms in total. The molecule has 0 amide bonds. The van der Waals surface area contributed by atoms with Crippen molar-refractivity contribution >= 4 is 32.4 Å². The van der Waals surface area contributed by atoms with Crippen LogP contribution in [0.25, 0.3) is 0 Å². The van der Waals surface area contributed by atoms with Crippen LogP contribution >= 0.6 is 27.3 Å². The molecule has 0 radical (unpaired) electrons. The summed E-state index contributed by atoms with van der Waals surface area (Å²) in [4.78, 5) is 6.39. The molecule has 2 heterocycles. The van der Waals surface area contributed by atoms with E-state index in [1.54, 1.807) is 6.20 Å². The average Bonchev–Trinajstić information content (AvgIpc) is 3.13. The van der Waals surface area contributed by atoms with E-state index in [1.807, 2.05) is 0 Å². The molecule has 1 aromatic carbocycles. The fraction of sp³-hybridized carbons (Fsp3) is 0.400. The van der Waals surface area contributed by atoms with Crippen molar-refractivity contribution in [1.29, 1.82) is 0 Å². The molecular formula is C15H14BrF4N3S. The number of benzene rings is 1. The van der Waals surface area contributed by atoms with Gasteiger partial charge in [-0.25, -0.2) is 9.37 Å². The molecule has 1 unspecified atom stereocenters. The second-order valence-corrected chi connectivity index (χ2v) is 7.95. The number of anilines is 1. The molecule has 24 heavy (non-hydrogen) atoms. The smallest absolute Gasteiger partial charge is 0.346 e. The van der Waals surface area contributed by atoms with Crippen molar-refractivity contribution in [2.24, 2.45) is 0 Å². The quantitative estimate of drug-likeness (QED) is 0.737. The number of hydrogen-bond donors (Lipinski definition) is 1. The summed E-state index contributed by atoms with van der Waals surface area (Å²) in [5, 5.41) is 4.03. The van der Waals surface area contributed by atoms with Crippen LogP contribution < -0.4 is 10.2 Å². The molecule has 0 bridgehead atoms. The van der Waals surface area contributed by atoms with Crippen LogP contribution in [0.1, 0.15) is 17.5 Å². The highest BCUT2D eigenvalue weighted by Gasteiger charge is 2.34. The van der Waals surface area contributed by atoms with Gasteiger partial charge >= 0.3 is 6.18 Å². The van der Waals surface area contributed by atoms with E-state index in [1.165, 1.54) is 17.4 Å². The Bertz CT molecular complexity index is 719. The Labute approximate surface area is 148 Å². The van der Waals surface area contributed by atoms with Gasteiger partial charge in [-0.05, 0) is 40.0 Å². The molecule has 1 aliphatic rings. The maximum atomic E-state index is 13.1. The topological polar surface area (TPSA) is 28.2 Å². The SMILES string of the molecule is Fc1ccc(CNC2CCN(c3ncc(Br)s3)C2)c(C(F)(F)F)c1. The van der Waals surface area contributed by atoms with E-state index in [4.69, 9.17) is 0 Å². The molecular weight excluding hydrogens is 410 g/mol. The molecule has 1 N–H and O–H groups in total. The number of nitrogens with zero attached hydrogens (tertiary/aromatic N) is 2. The van der Waals surface area contributed by atoms with E-state index in [-0.39, 0.29) is 18.2 Å². The average molecular weight is 424 g/mol. The number of nitrogens with one attached hydrogen (secondary N) is 1. The molecule has 0 aliphatic carbocycles. The van der Waals surface area contributed by atoms with Crippen molar-refractivity contribution < 1.29 is 17.6 Å². The van der Waals surface area contributed by atoms with Crippen LogP contribution in [0.4, 0.5) is 22.7 Å². The number of halogens is 5. The third-order valence-corrected chi connectivity index (χ3v) is 5.42. The lowest BCUT2D eigenvalue weighted by molar-refractivity contribution is -0.138. The third kappa shape index (κ3) is 4.07. The Morgan fingerprint density at radius 3 is 2.83 bits per heavy atom. The normalized spacial score (nSPS) is 18.4. The number of aromatic nitrogens is 1. The second-order valence-electron chi connectivity index (χ2n) is 5.56. The van der Waals surface area contributed by atoms with Gasteiger partial charge in [0.15, 0.2) is 5.13 Å². The first-order valence-corrected chi connectivity index (χ1v) is 8.89. The van der Waals surface area contributed by atoms with Crippen molar-refractivity contribution in [3.05, 3.63) is 45.1 Å². The van der Waals surface area contributed by atoms with E-state index in [0.29, 0.717) is 12.6 Å². The minimum absolute atomic E-state index is 0.0508. The van der Waals surface area contributed by atoms with Crippen LogP contribution in [0.15, 0.2) is 28.2 Å². The maximum absolute atomic E-state index is 13.1. The number of rotatable bonds is 4. The molecule has 130 valence electrons. The Balaban J connectivity index is 1.63. The van der Waals surface area contributed by atoms with Gasteiger partial charge in [-0.2, -0.15) is 13.2 Å². The van der Waals surface area contributed by atoms with Crippen LogP contribution in [-0.2, 0) is 12.7 Å². The highest BCUT2D eigenvalue weighted by atomic mass is 79.9. The molecule has 1 atom stereocenters. The van der Waals surface area contributed by atoms with Gasteiger partial charge in [0.25, 0.3) is 0 Å². The molecule has 0 saturated carbocycles. The zero-order valence-corrected chi connectivity index (χ0v) is 14.8. The van der Waals surface area contributed by atoms with Crippen LogP contribution in [0.2, 0.25) is 0 Å². The lowest BCUT2D eigenvalue weighted by Gasteiger charge is -2.18. The van der Waals surface area contributed by atoms with Gasteiger partial charge in [-0.15, -0.1) is 0 Å². The summed E-state index contributed by atoms with van der Waals surface area (Å²) in [6.45, 7) is 1.53. The number of alkyl halides is 3. The summed E-state index contributed by atoms with van der Waals surface area (Å²) in [6, 6.07) is 2.86. The Morgan fingerprint density at radius 2 is 2.17 bits per heavy atom. The molecule has 0 spiro atoms. The zero-order chi connectivity index (χ0) is 17.3. The fourth-order valence-corrected chi connectivity index (χ4v) is 3.93. The first-order chi connectivity index (χ1) is 11.3. The standard InChI is InChI=1S/C15H14BrF4N3S/c16-13-7-22-14(24-13)23-4-3-11(8-23)21-6-9-1-2-10(17)5-12(9)15(18,19)20/h1-2,5,7,11,21H,3-4,6,8H2. The molecule has 9 heteroatoms. The zero-order valence-electron chi connectivity index (χ0n) is 12.4. The predicted molar refractivity (Wildman–Crippen MR) is 88.7 cm³/mol. The van der Waals surface area contributed by atoms with Crippen LogP contribution in [-0.4, -0.2) is 24.1 Å². The molecule has 1 fully saturated rings. The minimum Gasteiger partial charge on any atom is -0.346 e. The number of thiazole rings is 1. The van der Waals surface area contributed by atoms with Gasteiger partial charge in [0, 0.05) is 25.7 Å². The first kappa shape index (κ1) is 17.6. The van der Waals surface area contributed by atoms with E-state index < -0.39 is 17.6 Å². The molecule has 3 rings (SSSR count). The van der Waals surface area contributed by atoms with Crippen molar-refractivity contribution in [3.8, 4) is 0 Å². The van der Waals surface area contributed by atoms with E-state index in [0.717, 1.165) is 27.9 Å². The van der Waals surface area contributed by atoms with Gasteiger partial charge < -0.3 is 10.2 Å². The lowest BCUT2D eigenvalue weighted by Crippen LogP contribution is -2.32. The Morgan fingerprint density at radius 1 is 1.38 bits per heavy atom. The molecule has 2 aromatic rings. The predicted octanol–water partition coefficient (Wildman–Crippen LogP) is 4.43. The summed E-state index contributed by atoms with van der Waals surface area (Å²) < 4.78 is 53.1. The van der Waals surface area contributed by atoms with Gasteiger partial charge in [0.1, 0.15) is 5.82 Å². The van der Waals surface area contributed by atoms with Crippen molar-refractivity contribution in [2.45, 2.75) is 25.2 Å². The minimum atomic E-state index is -4.56. The van der Waals surface area contributed by atoms with Crippen molar-refractivity contribution in [2.75, 3.05) is 18.0 Å². The van der Waals surface area contributed by atoms with E-state index in [9.17, 15) is 17.6 Å². The van der Waals surface area contributed by atoms with Gasteiger partial charge in [-0.1, -0.05) is 17.4 Å². The van der Waals surface area contributed by atoms with Gasteiger partial charge in [0.05, 0.1) is 15.5 Å². The van der Waals surface area contributed by atoms with Gasteiger partial charge in [-0.3, -0.25) is 0 Å². The summed E-state index contributed by atoms with van der Waals surface area (Å²) in [6.07, 6.45) is -2.01. The highest BCUT2D eigenvalue weighted by molar-refractivity contribution is 9.11. The first-order valence-electron chi connectivity index (χ1n) is 7.28. The largest absolute Gasteiger partial charge is 0.416 e. The van der Waals surface area contributed by atoms with Crippen molar-refractivity contribution in [1.82, 2.24) is 10.3 Å². The monoisotopic (exact) mass is 423 g/mol. The summed E-state index contributed by atoms with van der Waals surface area (Å²) in [5.74, 6) is -0.882. The fourth-order valence-electron chi connectivity index (χ4n) is 2.71. The second kappa shape index (κ2) is 6.97. The number of hydrogen-bond acceptors (Lipinski definition) is 4. The van der Waals surface area contributed by atoms with Gasteiger partial charge in [0.2, 0.25) is 0 Å². The lowest BCUT2D eigenvalue weighted by atomic mass is 10.1. The third-order valence-electron chi connectivity index (χ3n) is 3.88. The van der Waals surface area contributed by atoms with Crippen LogP contribution in [0, 0.1) is 5.82 Å². The molecule has 1 saturated heterocycles. The molecule has 1 aromatic heterocycles.